The van der Waals surface area contributed by atoms with Crippen molar-refractivity contribution in [2.75, 3.05) is 23.7 Å². The van der Waals surface area contributed by atoms with Crippen molar-refractivity contribution < 1.29 is 15.0 Å². The summed E-state index contributed by atoms with van der Waals surface area (Å²) in [7, 11) is 0. The third-order valence-corrected chi connectivity index (χ3v) is 3.73. The molecule has 15 nitrogen and oxygen atoms in total. The normalized spacial score (nSPS) is 10.8. The maximum absolute atomic E-state index is 11.2. The van der Waals surface area contributed by atoms with E-state index in [1.165, 1.54) is 24.3 Å². The van der Waals surface area contributed by atoms with Crippen molar-refractivity contribution in [3.63, 3.8) is 0 Å². The molecule has 3 N–H and O–H groups in total. The number of hydrogen-bond donors (Lipinski definition) is 3. The molecule has 0 saturated carbocycles. The summed E-state index contributed by atoms with van der Waals surface area (Å²) in [6, 6.07) is 7.58. The second-order valence-electron chi connectivity index (χ2n) is 5.71. The zero-order valence-electron chi connectivity index (χ0n) is 15.1. The zero-order chi connectivity index (χ0) is 22.1. The number of aliphatic hydroxyl groups excluding tert-OH is 1. The molecule has 0 unspecified atom stereocenters. The van der Waals surface area contributed by atoms with Crippen LogP contribution in [0.3, 0.4) is 0 Å². The molecular formula is C15H14N10O5. The second-order valence-corrected chi connectivity index (χ2v) is 5.71. The number of anilines is 2. The fourth-order valence-corrected chi connectivity index (χ4v) is 2.40. The lowest BCUT2D eigenvalue weighted by Crippen LogP contribution is -2.27. The van der Waals surface area contributed by atoms with Crippen molar-refractivity contribution >= 4 is 34.1 Å². The summed E-state index contributed by atoms with van der Waals surface area (Å²) in [5, 5.41) is 44.5. The van der Waals surface area contributed by atoms with E-state index in [9.17, 15) is 25.3 Å². The van der Waals surface area contributed by atoms with Crippen molar-refractivity contribution in [2.24, 2.45) is 10.2 Å². The minimum absolute atomic E-state index is 0.0634. The standard InChI is InChI=1S/C15H14N10O5/c16-22-20-9-1-3-12(14(5-9)24(27)28)18-7-11(26)8-19-13-4-2-10(21-23-17)6-15(13)25(29)30/h1-6,11,18-19,26H,7-8H2. The minimum atomic E-state index is -1.07. The molecule has 0 atom stereocenters. The molecule has 0 aliphatic rings. The number of hydrogen-bond acceptors (Lipinski definition) is 9. The van der Waals surface area contributed by atoms with Crippen molar-refractivity contribution in [3.05, 3.63) is 77.5 Å². The average Bonchev–Trinajstić information content (AvgIpc) is 2.72. The highest BCUT2D eigenvalue weighted by atomic mass is 16.6. The van der Waals surface area contributed by atoms with Crippen LogP contribution in [0.15, 0.2) is 46.6 Å². The summed E-state index contributed by atoms with van der Waals surface area (Å²) < 4.78 is 0. The number of rotatable bonds is 10. The number of benzene rings is 2. The van der Waals surface area contributed by atoms with Crippen LogP contribution in [-0.4, -0.2) is 34.1 Å². The van der Waals surface area contributed by atoms with Crippen molar-refractivity contribution in [1.82, 2.24) is 0 Å². The van der Waals surface area contributed by atoms with Gasteiger partial charge in [-0.3, -0.25) is 20.2 Å². The molecule has 2 aromatic carbocycles. The van der Waals surface area contributed by atoms with Gasteiger partial charge in [-0.15, -0.1) is 0 Å². The molecule has 30 heavy (non-hydrogen) atoms. The van der Waals surface area contributed by atoms with Crippen molar-refractivity contribution in [3.8, 4) is 0 Å². The van der Waals surface area contributed by atoms with Crippen LogP contribution < -0.4 is 10.6 Å². The fraction of sp³-hybridized carbons (Fsp3) is 0.200. The van der Waals surface area contributed by atoms with E-state index in [0.29, 0.717) is 0 Å². The molecular weight excluding hydrogens is 400 g/mol. The Morgan fingerprint density at radius 3 is 1.63 bits per heavy atom. The number of nitro groups is 2. The molecule has 0 heterocycles. The summed E-state index contributed by atoms with van der Waals surface area (Å²) in [4.78, 5) is 26.1. The number of aliphatic hydroxyl groups is 1. The Hall–Kier alpha value is -4.58. The largest absolute Gasteiger partial charge is 0.389 e. The van der Waals surface area contributed by atoms with E-state index in [1.807, 2.05) is 0 Å². The third-order valence-electron chi connectivity index (χ3n) is 3.73. The average molecular weight is 414 g/mol. The SMILES string of the molecule is [N-]=[N+]=Nc1ccc(NCC(O)CNc2ccc(N=[N+]=[N-])cc2[N+](=O)[O-])c([N+](=O)[O-])c1. The van der Waals surface area contributed by atoms with Crippen LogP contribution in [0.5, 0.6) is 0 Å². The molecule has 154 valence electrons. The number of nitro benzene ring substituents is 2. The maximum atomic E-state index is 11.2. The van der Waals surface area contributed by atoms with Gasteiger partial charge in [0, 0.05) is 46.4 Å². The molecule has 0 bridgehead atoms. The quantitative estimate of drug-likeness (QED) is 0.168. The summed E-state index contributed by atoms with van der Waals surface area (Å²) in [6.07, 6.45) is -1.07. The maximum Gasteiger partial charge on any atom is 0.292 e. The summed E-state index contributed by atoms with van der Waals surface area (Å²) in [5.41, 5.74) is 16.5. The van der Waals surface area contributed by atoms with Crippen LogP contribution in [0.4, 0.5) is 34.1 Å². The van der Waals surface area contributed by atoms with Gasteiger partial charge in [-0.25, -0.2) is 0 Å². The Kier molecular flexibility index (Phi) is 7.31. The van der Waals surface area contributed by atoms with E-state index >= 15 is 0 Å². The molecule has 0 spiro atoms. The molecule has 0 aromatic heterocycles. The topological polar surface area (TPSA) is 228 Å². The minimum Gasteiger partial charge on any atom is -0.389 e. The Bertz CT molecular complexity index is 978. The lowest BCUT2D eigenvalue weighted by atomic mass is 10.2. The van der Waals surface area contributed by atoms with Crippen LogP contribution in [0.25, 0.3) is 20.9 Å². The molecule has 0 amide bonds. The van der Waals surface area contributed by atoms with Crippen LogP contribution >= 0.6 is 0 Å². The van der Waals surface area contributed by atoms with E-state index in [4.69, 9.17) is 11.1 Å². The highest BCUT2D eigenvalue weighted by molar-refractivity contribution is 5.67. The first kappa shape index (κ1) is 21.7. The molecule has 2 aromatic rings. The molecule has 0 saturated heterocycles. The van der Waals surface area contributed by atoms with Gasteiger partial charge in [-0.05, 0) is 23.2 Å². The first-order valence-corrected chi connectivity index (χ1v) is 8.18. The van der Waals surface area contributed by atoms with Crippen LogP contribution in [-0.2, 0) is 0 Å². The van der Waals surface area contributed by atoms with Gasteiger partial charge in [0.2, 0.25) is 0 Å². The first-order chi connectivity index (χ1) is 14.3. The summed E-state index contributed by atoms with van der Waals surface area (Å²) >= 11 is 0. The monoisotopic (exact) mass is 414 g/mol. The van der Waals surface area contributed by atoms with Gasteiger partial charge in [0.1, 0.15) is 11.4 Å². The Morgan fingerprint density at radius 2 is 1.30 bits per heavy atom. The lowest BCUT2D eigenvalue weighted by molar-refractivity contribution is -0.384. The van der Waals surface area contributed by atoms with Crippen LogP contribution in [0.1, 0.15) is 0 Å². The number of nitrogens with one attached hydrogen (secondary N) is 2. The van der Waals surface area contributed by atoms with Gasteiger partial charge in [0.15, 0.2) is 0 Å². The predicted octanol–water partition coefficient (Wildman–Crippen LogP) is 4.27. The Labute approximate surface area is 167 Å². The van der Waals surface area contributed by atoms with E-state index in [0.717, 1.165) is 12.1 Å². The zero-order valence-corrected chi connectivity index (χ0v) is 15.1. The molecule has 0 aliphatic carbocycles. The van der Waals surface area contributed by atoms with E-state index < -0.39 is 16.0 Å². The van der Waals surface area contributed by atoms with Crippen LogP contribution in [0.2, 0.25) is 0 Å². The van der Waals surface area contributed by atoms with E-state index in [-0.39, 0.29) is 47.2 Å². The highest BCUT2D eigenvalue weighted by Gasteiger charge is 2.17. The van der Waals surface area contributed by atoms with Gasteiger partial charge >= 0.3 is 0 Å². The molecule has 2 rings (SSSR count). The van der Waals surface area contributed by atoms with Gasteiger partial charge in [-0.1, -0.05) is 22.4 Å². The van der Waals surface area contributed by atoms with E-state index in [2.05, 4.69) is 30.7 Å². The molecule has 15 heteroatoms. The first-order valence-electron chi connectivity index (χ1n) is 8.18. The van der Waals surface area contributed by atoms with Crippen molar-refractivity contribution in [1.29, 1.82) is 0 Å². The van der Waals surface area contributed by atoms with Crippen LogP contribution in [0, 0.1) is 20.2 Å². The van der Waals surface area contributed by atoms with Gasteiger partial charge in [0.25, 0.3) is 11.4 Å². The van der Waals surface area contributed by atoms with Gasteiger partial charge < -0.3 is 15.7 Å². The Morgan fingerprint density at radius 1 is 0.900 bits per heavy atom. The molecule has 0 aliphatic heterocycles. The number of nitrogens with zero attached hydrogens (tertiary/aromatic N) is 8. The van der Waals surface area contributed by atoms with E-state index in [1.54, 1.807) is 0 Å². The molecule has 0 fully saturated rings. The summed E-state index contributed by atoms with van der Waals surface area (Å²) in [5.74, 6) is 0. The lowest BCUT2D eigenvalue weighted by Gasteiger charge is -2.15. The Balaban J connectivity index is 2.05. The molecule has 0 radical (unpaired) electrons. The smallest absolute Gasteiger partial charge is 0.292 e. The fourth-order valence-electron chi connectivity index (χ4n) is 2.40. The van der Waals surface area contributed by atoms with Gasteiger partial charge in [-0.2, -0.15) is 0 Å². The highest BCUT2D eigenvalue weighted by Crippen LogP contribution is 2.30. The van der Waals surface area contributed by atoms with Gasteiger partial charge in [0.05, 0.1) is 16.0 Å². The predicted molar refractivity (Wildman–Crippen MR) is 107 cm³/mol. The number of azide groups is 2. The summed E-state index contributed by atoms with van der Waals surface area (Å²) in [6.45, 7) is -0.224. The second kappa shape index (κ2) is 10.1. The van der Waals surface area contributed by atoms with Crippen molar-refractivity contribution in [2.45, 2.75) is 6.10 Å². The third kappa shape index (κ3) is 5.71.